The first-order chi connectivity index (χ1) is 7.70. The van der Waals surface area contributed by atoms with Crippen LogP contribution in [-0.2, 0) is 0 Å². The first-order valence-electron chi connectivity index (χ1n) is 5.23. The summed E-state index contributed by atoms with van der Waals surface area (Å²) in [6.07, 6.45) is 1.82. The van der Waals surface area contributed by atoms with Crippen molar-refractivity contribution < 1.29 is 0 Å². The van der Waals surface area contributed by atoms with Crippen molar-refractivity contribution in [2.45, 2.75) is 19.9 Å². The molecule has 0 aliphatic heterocycles. The summed E-state index contributed by atoms with van der Waals surface area (Å²) in [4.78, 5) is 1.15. The van der Waals surface area contributed by atoms with Crippen LogP contribution in [0.1, 0.15) is 27.6 Å². The average Bonchev–Trinajstić information content (AvgIpc) is 2.70. The van der Waals surface area contributed by atoms with E-state index in [1.54, 1.807) is 0 Å². The third kappa shape index (κ3) is 2.28. The molecule has 4 heteroatoms. The minimum absolute atomic E-state index is 0.193. The van der Waals surface area contributed by atoms with Crippen LogP contribution in [0, 0.1) is 13.8 Å². The SMILES string of the molecule is CNC(c1cc(C)cc(C)c1)c1cnns1. The van der Waals surface area contributed by atoms with Gasteiger partial charge in [0.15, 0.2) is 0 Å². The van der Waals surface area contributed by atoms with Gasteiger partial charge < -0.3 is 5.32 Å². The predicted octanol–water partition coefficient (Wildman–Crippen LogP) is 2.46. The first kappa shape index (κ1) is 11.2. The van der Waals surface area contributed by atoms with E-state index >= 15 is 0 Å². The van der Waals surface area contributed by atoms with Crippen molar-refractivity contribution in [2.75, 3.05) is 7.05 Å². The third-order valence-electron chi connectivity index (χ3n) is 2.53. The molecule has 0 radical (unpaired) electrons. The molecule has 0 saturated carbocycles. The number of nitrogens with zero attached hydrogens (tertiary/aromatic N) is 2. The van der Waals surface area contributed by atoms with Crippen LogP contribution in [0.15, 0.2) is 24.4 Å². The Morgan fingerprint density at radius 3 is 2.38 bits per heavy atom. The summed E-state index contributed by atoms with van der Waals surface area (Å²) in [5.41, 5.74) is 3.84. The molecule has 3 nitrogen and oxygen atoms in total. The molecule has 0 aliphatic rings. The highest BCUT2D eigenvalue weighted by Crippen LogP contribution is 2.25. The first-order valence-corrected chi connectivity index (χ1v) is 6.01. The smallest absolute Gasteiger partial charge is 0.0701 e. The zero-order valence-corrected chi connectivity index (χ0v) is 10.5. The van der Waals surface area contributed by atoms with E-state index in [4.69, 9.17) is 0 Å². The molecule has 1 unspecified atom stereocenters. The van der Waals surface area contributed by atoms with E-state index in [9.17, 15) is 0 Å². The maximum atomic E-state index is 3.91. The summed E-state index contributed by atoms with van der Waals surface area (Å²) in [7, 11) is 1.96. The maximum absolute atomic E-state index is 3.91. The lowest BCUT2D eigenvalue weighted by molar-refractivity contribution is 0.701. The number of hydrogen-bond acceptors (Lipinski definition) is 4. The molecular weight excluding hydrogens is 218 g/mol. The lowest BCUT2D eigenvalue weighted by Gasteiger charge is -2.15. The standard InChI is InChI=1S/C12H15N3S/c1-8-4-9(2)6-10(5-8)12(13-3)11-7-14-15-16-11/h4-7,12-13H,1-3H3. The molecule has 0 bridgehead atoms. The Morgan fingerprint density at radius 1 is 1.19 bits per heavy atom. The van der Waals surface area contributed by atoms with Crippen LogP contribution in [0.2, 0.25) is 0 Å². The van der Waals surface area contributed by atoms with Crippen LogP contribution < -0.4 is 5.32 Å². The summed E-state index contributed by atoms with van der Waals surface area (Å²) in [6, 6.07) is 6.78. The molecule has 2 rings (SSSR count). The van der Waals surface area contributed by atoms with E-state index in [0.717, 1.165) is 4.88 Å². The molecule has 1 atom stereocenters. The zero-order chi connectivity index (χ0) is 11.5. The largest absolute Gasteiger partial charge is 0.309 e. The van der Waals surface area contributed by atoms with E-state index < -0.39 is 0 Å². The number of rotatable bonds is 3. The lowest BCUT2D eigenvalue weighted by Crippen LogP contribution is -2.16. The summed E-state index contributed by atoms with van der Waals surface area (Å²) in [5, 5.41) is 7.20. The normalized spacial score (nSPS) is 12.7. The molecule has 1 aromatic heterocycles. The van der Waals surface area contributed by atoms with Crippen LogP contribution in [0.25, 0.3) is 0 Å². The van der Waals surface area contributed by atoms with Gasteiger partial charge in [-0.05, 0) is 38.0 Å². The van der Waals surface area contributed by atoms with Crippen LogP contribution in [0.3, 0.4) is 0 Å². The van der Waals surface area contributed by atoms with Gasteiger partial charge in [-0.25, -0.2) is 0 Å². The number of nitrogens with one attached hydrogen (secondary N) is 1. The fourth-order valence-corrected chi connectivity index (χ4v) is 2.59. The summed E-state index contributed by atoms with van der Waals surface area (Å²) in [6.45, 7) is 4.24. The summed E-state index contributed by atoms with van der Waals surface area (Å²) < 4.78 is 3.91. The number of benzene rings is 1. The van der Waals surface area contributed by atoms with E-state index in [1.165, 1.54) is 28.2 Å². The van der Waals surface area contributed by atoms with Gasteiger partial charge >= 0.3 is 0 Å². The van der Waals surface area contributed by atoms with Crippen LogP contribution in [0.4, 0.5) is 0 Å². The van der Waals surface area contributed by atoms with Gasteiger partial charge in [0, 0.05) is 0 Å². The van der Waals surface area contributed by atoms with E-state index in [1.807, 2.05) is 13.2 Å². The minimum atomic E-state index is 0.193. The highest BCUT2D eigenvalue weighted by Gasteiger charge is 2.14. The molecule has 1 N–H and O–H groups in total. The number of hydrogen-bond donors (Lipinski definition) is 1. The van der Waals surface area contributed by atoms with Crippen molar-refractivity contribution in [3.8, 4) is 0 Å². The van der Waals surface area contributed by atoms with Gasteiger partial charge in [0.25, 0.3) is 0 Å². The molecule has 1 heterocycles. The topological polar surface area (TPSA) is 37.8 Å². The van der Waals surface area contributed by atoms with Crippen LogP contribution in [-0.4, -0.2) is 16.6 Å². The van der Waals surface area contributed by atoms with E-state index in [-0.39, 0.29) is 6.04 Å². The van der Waals surface area contributed by atoms with Crippen molar-refractivity contribution in [3.05, 3.63) is 46.0 Å². The van der Waals surface area contributed by atoms with Gasteiger partial charge in [0.1, 0.15) is 0 Å². The second kappa shape index (κ2) is 4.72. The number of aryl methyl sites for hydroxylation is 2. The summed E-state index contributed by atoms with van der Waals surface area (Å²) in [5.74, 6) is 0. The highest BCUT2D eigenvalue weighted by molar-refractivity contribution is 7.05. The molecule has 84 valence electrons. The fraction of sp³-hybridized carbons (Fsp3) is 0.333. The Labute approximate surface area is 99.7 Å². The van der Waals surface area contributed by atoms with Crippen molar-refractivity contribution in [1.82, 2.24) is 14.9 Å². The molecule has 16 heavy (non-hydrogen) atoms. The Kier molecular flexibility index (Phi) is 3.31. The maximum Gasteiger partial charge on any atom is 0.0701 e. The second-order valence-corrected chi connectivity index (χ2v) is 4.78. The molecular formula is C12H15N3S. The Balaban J connectivity index is 2.41. The fourth-order valence-electron chi connectivity index (χ4n) is 1.95. The van der Waals surface area contributed by atoms with Crippen molar-refractivity contribution >= 4 is 11.5 Å². The van der Waals surface area contributed by atoms with Gasteiger partial charge in [0.2, 0.25) is 0 Å². The Hall–Kier alpha value is -1.26. The molecule has 2 aromatic rings. The summed E-state index contributed by atoms with van der Waals surface area (Å²) >= 11 is 1.44. The van der Waals surface area contributed by atoms with Crippen LogP contribution in [0.5, 0.6) is 0 Å². The van der Waals surface area contributed by atoms with Gasteiger partial charge in [-0.3, -0.25) is 0 Å². The van der Waals surface area contributed by atoms with E-state index in [0.29, 0.717) is 0 Å². The molecule has 0 fully saturated rings. The number of aromatic nitrogens is 2. The zero-order valence-electron chi connectivity index (χ0n) is 9.69. The predicted molar refractivity (Wildman–Crippen MR) is 66.7 cm³/mol. The monoisotopic (exact) mass is 233 g/mol. The van der Waals surface area contributed by atoms with Crippen molar-refractivity contribution in [1.29, 1.82) is 0 Å². The highest BCUT2D eigenvalue weighted by atomic mass is 32.1. The molecule has 0 amide bonds. The molecule has 0 spiro atoms. The van der Waals surface area contributed by atoms with Crippen LogP contribution >= 0.6 is 11.5 Å². The Morgan fingerprint density at radius 2 is 1.88 bits per heavy atom. The molecule has 0 aliphatic carbocycles. The Bertz CT molecular complexity index is 445. The average molecular weight is 233 g/mol. The molecule has 0 saturated heterocycles. The van der Waals surface area contributed by atoms with Crippen molar-refractivity contribution in [3.63, 3.8) is 0 Å². The second-order valence-electron chi connectivity index (χ2n) is 3.96. The van der Waals surface area contributed by atoms with Gasteiger partial charge in [-0.1, -0.05) is 33.8 Å². The quantitative estimate of drug-likeness (QED) is 0.885. The van der Waals surface area contributed by atoms with Crippen molar-refractivity contribution in [2.24, 2.45) is 0 Å². The molecule has 1 aromatic carbocycles. The third-order valence-corrected chi connectivity index (χ3v) is 3.26. The lowest BCUT2D eigenvalue weighted by atomic mass is 10.0. The van der Waals surface area contributed by atoms with Gasteiger partial charge in [0.05, 0.1) is 17.1 Å². The minimum Gasteiger partial charge on any atom is -0.309 e. The van der Waals surface area contributed by atoms with Gasteiger partial charge in [-0.2, -0.15) is 0 Å². The van der Waals surface area contributed by atoms with E-state index in [2.05, 4.69) is 47.0 Å². The van der Waals surface area contributed by atoms with Gasteiger partial charge in [-0.15, -0.1) is 5.10 Å².